The van der Waals surface area contributed by atoms with Gasteiger partial charge in [-0.05, 0) is 61.8 Å². The van der Waals surface area contributed by atoms with Crippen molar-refractivity contribution in [3.8, 4) is 5.75 Å². The minimum atomic E-state index is -0.854. The van der Waals surface area contributed by atoms with Crippen molar-refractivity contribution in [2.45, 2.75) is 25.0 Å². The van der Waals surface area contributed by atoms with Gasteiger partial charge in [-0.25, -0.2) is 0 Å². The fraction of sp³-hybridized carbons (Fsp3) is 0.360. The lowest BCUT2D eigenvalue weighted by atomic mass is 10.0. The van der Waals surface area contributed by atoms with E-state index in [1.807, 2.05) is 23.1 Å². The number of aromatic nitrogens is 1. The molecular weight excluding hydrogens is 450 g/mol. The van der Waals surface area contributed by atoms with Crippen molar-refractivity contribution >= 4 is 28.2 Å². The van der Waals surface area contributed by atoms with Gasteiger partial charge in [0.25, 0.3) is 5.69 Å². The van der Waals surface area contributed by atoms with Crippen molar-refractivity contribution in [2.75, 3.05) is 38.6 Å². The number of nitro groups is 1. The molecule has 2 aromatic carbocycles. The number of anilines is 1. The first-order valence-electron chi connectivity index (χ1n) is 11.5. The van der Waals surface area contributed by atoms with Crippen LogP contribution >= 0.6 is 0 Å². The summed E-state index contributed by atoms with van der Waals surface area (Å²) in [7, 11) is 1.59. The Hall–Kier alpha value is -3.60. The number of non-ortho nitro benzene ring substituents is 1. The van der Waals surface area contributed by atoms with Crippen LogP contribution in [-0.4, -0.2) is 65.2 Å². The highest BCUT2D eigenvalue weighted by atomic mass is 16.6. The maximum atomic E-state index is 12.9. The number of piperidine rings is 1. The minimum Gasteiger partial charge on any atom is -0.497 e. The molecule has 35 heavy (non-hydrogen) atoms. The summed E-state index contributed by atoms with van der Waals surface area (Å²) in [5, 5.41) is 29.2. The number of ether oxygens (including phenoxy) is 1. The number of rotatable bonds is 9. The molecule has 10 nitrogen and oxygen atoms in total. The third-order valence-corrected chi connectivity index (χ3v) is 6.26. The summed E-state index contributed by atoms with van der Waals surface area (Å²) in [4.78, 5) is 29.8. The van der Waals surface area contributed by atoms with Gasteiger partial charge in [0, 0.05) is 42.0 Å². The number of pyridine rings is 1. The summed E-state index contributed by atoms with van der Waals surface area (Å²) < 4.78 is 5.34. The molecule has 1 atom stereocenters. The molecule has 1 aromatic heterocycles. The molecule has 0 unspecified atom stereocenters. The van der Waals surface area contributed by atoms with E-state index in [1.54, 1.807) is 25.4 Å². The van der Waals surface area contributed by atoms with Crippen LogP contribution in [0.1, 0.15) is 24.5 Å². The highest BCUT2D eigenvalue weighted by Crippen LogP contribution is 2.28. The monoisotopic (exact) mass is 479 g/mol. The number of hydrogen-bond acceptors (Lipinski definition) is 8. The van der Waals surface area contributed by atoms with Crippen molar-refractivity contribution in [2.24, 2.45) is 0 Å². The largest absolute Gasteiger partial charge is 0.497 e. The molecule has 1 fully saturated rings. The zero-order chi connectivity index (χ0) is 24.8. The van der Waals surface area contributed by atoms with Gasteiger partial charge in [0.15, 0.2) is 0 Å². The molecule has 2 heterocycles. The van der Waals surface area contributed by atoms with Crippen LogP contribution < -0.4 is 15.4 Å². The molecule has 10 heteroatoms. The standard InChI is InChI=1S/C25H29N5O5/c1-35-20-5-6-23-22(14-20)21(9-12-27-23)24(31)15-29(18-7-10-26-11-8-18)16-25(32)28-17-3-2-4-19(13-17)30(33)34/h2-6,9,12-14,18,24,26,31H,7-8,10-11,15-16H2,1H3,(H,28,32)/t24-/m1/s1. The number of methoxy groups -OCH3 is 1. The van der Waals surface area contributed by atoms with E-state index in [-0.39, 0.29) is 30.7 Å². The fourth-order valence-corrected chi connectivity index (χ4v) is 4.48. The van der Waals surface area contributed by atoms with Crippen LogP contribution in [0.25, 0.3) is 10.9 Å². The van der Waals surface area contributed by atoms with E-state index in [0.717, 1.165) is 36.8 Å². The first-order chi connectivity index (χ1) is 16.9. The van der Waals surface area contributed by atoms with Crippen molar-refractivity contribution in [3.05, 3.63) is 70.4 Å². The molecule has 3 N–H and O–H groups in total. The maximum absolute atomic E-state index is 12.9. The number of nitro benzene ring substituents is 1. The van der Waals surface area contributed by atoms with Gasteiger partial charge in [-0.2, -0.15) is 0 Å². The fourth-order valence-electron chi connectivity index (χ4n) is 4.48. The molecule has 0 radical (unpaired) electrons. The van der Waals surface area contributed by atoms with E-state index in [4.69, 9.17) is 4.74 Å². The molecule has 0 aliphatic carbocycles. The van der Waals surface area contributed by atoms with Gasteiger partial charge < -0.3 is 20.5 Å². The molecule has 4 rings (SSSR count). The molecular formula is C25H29N5O5. The Morgan fingerprint density at radius 3 is 2.83 bits per heavy atom. The quantitative estimate of drug-likeness (QED) is 0.316. The smallest absolute Gasteiger partial charge is 0.271 e. The first kappa shape index (κ1) is 24.5. The number of benzene rings is 2. The molecule has 0 spiro atoms. The second kappa shape index (κ2) is 11.2. The molecule has 184 valence electrons. The summed E-state index contributed by atoms with van der Waals surface area (Å²) in [5.74, 6) is 0.378. The van der Waals surface area contributed by atoms with Crippen LogP contribution in [0, 0.1) is 10.1 Å². The number of aliphatic hydroxyl groups is 1. The van der Waals surface area contributed by atoms with Gasteiger partial charge in [-0.1, -0.05) is 6.07 Å². The van der Waals surface area contributed by atoms with Gasteiger partial charge >= 0.3 is 0 Å². The highest BCUT2D eigenvalue weighted by Gasteiger charge is 2.26. The first-order valence-corrected chi connectivity index (χ1v) is 11.5. The van der Waals surface area contributed by atoms with Crippen molar-refractivity contribution in [3.63, 3.8) is 0 Å². The summed E-state index contributed by atoms with van der Waals surface area (Å²) in [6.07, 6.45) is 2.51. The summed E-state index contributed by atoms with van der Waals surface area (Å²) in [5.41, 5.74) is 1.74. The summed E-state index contributed by atoms with van der Waals surface area (Å²) in [6.45, 7) is 1.97. The third-order valence-electron chi connectivity index (χ3n) is 6.26. The van der Waals surface area contributed by atoms with Gasteiger partial charge in [0.1, 0.15) is 5.75 Å². The average Bonchev–Trinajstić information content (AvgIpc) is 2.88. The number of aliphatic hydroxyl groups excluding tert-OH is 1. The Labute approximate surface area is 203 Å². The molecule has 1 aliphatic rings. The molecule has 1 saturated heterocycles. The van der Waals surface area contributed by atoms with Gasteiger partial charge in [-0.3, -0.25) is 24.8 Å². The Balaban J connectivity index is 1.53. The number of hydrogen-bond donors (Lipinski definition) is 3. The average molecular weight is 480 g/mol. The van der Waals surface area contributed by atoms with Crippen LogP contribution in [0.2, 0.25) is 0 Å². The molecule has 0 bridgehead atoms. The van der Waals surface area contributed by atoms with E-state index in [2.05, 4.69) is 15.6 Å². The normalized spacial score (nSPS) is 15.2. The van der Waals surface area contributed by atoms with Crippen LogP contribution in [0.3, 0.4) is 0 Å². The molecule has 3 aromatic rings. The lowest BCUT2D eigenvalue weighted by molar-refractivity contribution is -0.384. The van der Waals surface area contributed by atoms with Gasteiger partial charge in [0.05, 0.1) is 30.2 Å². The van der Waals surface area contributed by atoms with E-state index in [1.165, 1.54) is 18.2 Å². The number of nitrogens with zero attached hydrogens (tertiary/aromatic N) is 3. The highest BCUT2D eigenvalue weighted by molar-refractivity contribution is 5.92. The summed E-state index contributed by atoms with van der Waals surface area (Å²) >= 11 is 0. The predicted octanol–water partition coefficient (Wildman–Crippen LogP) is 2.88. The number of amides is 1. The van der Waals surface area contributed by atoms with Crippen molar-refractivity contribution in [1.82, 2.24) is 15.2 Å². The number of carbonyl (C=O) groups excluding carboxylic acids is 1. The molecule has 0 saturated carbocycles. The van der Waals surface area contributed by atoms with Crippen molar-refractivity contribution in [1.29, 1.82) is 0 Å². The zero-order valence-corrected chi connectivity index (χ0v) is 19.5. The number of fused-ring (bicyclic) bond motifs is 1. The second-order valence-electron chi connectivity index (χ2n) is 8.57. The Kier molecular flexibility index (Phi) is 7.86. The van der Waals surface area contributed by atoms with Crippen LogP contribution in [0.15, 0.2) is 54.7 Å². The second-order valence-corrected chi connectivity index (χ2v) is 8.57. The van der Waals surface area contributed by atoms with Crippen LogP contribution in [-0.2, 0) is 4.79 Å². The van der Waals surface area contributed by atoms with Gasteiger partial charge in [-0.15, -0.1) is 0 Å². The minimum absolute atomic E-state index is 0.0523. The molecule has 1 amide bonds. The maximum Gasteiger partial charge on any atom is 0.271 e. The van der Waals surface area contributed by atoms with Crippen LogP contribution in [0.5, 0.6) is 5.75 Å². The van der Waals surface area contributed by atoms with Crippen LogP contribution in [0.4, 0.5) is 11.4 Å². The Morgan fingerprint density at radius 1 is 1.29 bits per heavy atom. The Bertz CT molecular complexity index is 1200. The SMILES string of the molecule is COc1ccc2nccc([C@H](O)CN(CC(=O)Nc3cccc([N+](=O)[O-])c3)C3CCNCC3)c2c1. The molecule has 1 aliphatic heterocycles. The third kappa shape index (κ3) is 6.10. The lowest BCUT2D eigenvalue weighted by Gasteiger charge is -2.35. The number of nitrogens with one attached hydrogen (secondary N) is 2. The zero-order valence-electron chi connectivity index (χ0n) is 19.5. The Morgan fingerprint density at radius 2 is 2.09 bits per heavy atom. The lowest BCUT2D eigenvalue weighted by Crippen LogP contribution is -2.47. The van der Waals surface area contributed by atoms with Crippen molar-refractivity contribution < 1.29 is 19.6 Å². The topological polar surface area (TPSA) is 130 Å². The van der Waals surface area contributed by atoms with E-state index >= 15 is 0 Å². The van der Waals surface area contributed by atoms with E-state index < -0.39 is 11.0 Å². The van der Waals surface area contributed by atoms with E-state index in [0.29, 0.717) is 17.0 Å². The number of carbonyl (C=O) groups is 1. The van der Waals surface area contributed by atoms with Gasteiger partial charge in [0.2, 0.25) is 5.91 Å². The summed E-state index contributed by atoms with van der Waals surface area (Å²) in [6, 6.07) is 13.3. The predicted molar refractivity (Wildman–Crippen MR) is 132 cm³/mol. The van der Waals surface area contributed by atoms with E-state index in [9.17, 15) is 20.0 Å².